The second-order valence-corrected chi connectivity index (χ2v) is 4.80. The minimum atomic E-state index is -0.992. The maximum absolute atomic E-state index is 12.4. The number of carbonyl (C=O) groups is 3. The van der Waals surface area contributed by atoms with E-state index in [1.807, 2.05) is 0 Å². The van der Waals surface area contributed by atoms with Crippen molar-refractivity contribution in [2.24, 2.45) is 0 Å². The number of carboxylic acid groups (broad SMARTS) is 1. The molecule has 2 aliphatic rings. The lowest BCUT2D eigenvalue weighted by Crippen LogP contribution is -2.54. The topological polar surface area (TPSA) is 96.4 Å². The van der Waals surface area contributed by atoms with Crippen molar-refractivity contribution >= 4 is 18.0 Å². The first kappa shape index (κ1) is 14.6. The largest absolute Gasteiger partial charge is 0.480 e. The van der Waals surface area contributed by atoms with Gasteiger partial charge in [0.25, 0.3) is 0 Å². The molecule has 8 heteroatoms. The number of hydrogen-bond acceptors (Lipinski definition) is 5. The van der Waals surface area contributed by atoms with Gasteiger partial charge in [0, 0.05) is 13.1 Å². The SMILES string of the molecule is COC(=O)C1CN(C(=O)N2CCC[C@H]2C(=O)O)CCO1. The van der Waals surface area contributed by atoms with Gasteiger partial charge >= 0.3 is 18.0 Å². The Morgan fingerprint density at radius 3 is 2.70 bits per heavy atom. The Labute approximate surface area is 116 Å². The molecule has 0 saturated carbocycles. The zero-order chi connectivity index (χ0) is 14.7. The number of rotatable bonds is 2. The molecule has 20 heavy (non-hydrogen) atoms. The summed E-state index contributed by atoms with van der Waals surface area (Å²) >= 11 is 0. The number of ether oxygens (including phenoxy) is 2. The molecule has 0 bridgehead atoms. The van der Waals surface area contributed by atoms with Gasteiger partial charge in [0.15, 0.2) is 6.10 Å². The van der Waals surface area contributed by atoms with Crippen molar-refractivity contribution in [3.63, 3.8) is 0 Å². The van der Waals surface area contributed by atoms with Gasteiger partial charge in [-0.05, 0) is 12.8 Å². The summed E-state index contributed by atoms with van der Waals surface area (Å²) in [6.07, 6.45) is 0.336. The average molecular weight is 286 g/mol. The number of morpholine rings is 1. The van der Waals surface area contributed by atoms with Gasteiger partial charge < -0.3 is 24.4 Å². The molecular weight excluding hydrogens is 268 g/mol. The van der Waals surface area contributed by atoms with E-state index in [0.29, 0.717) is 25.9 Å². The summed E-state index contributed by atoms with van der Waals surface area (Å²) < 4.78 is 9.84. The molecule has 0 spiro atoms. The van der Waals surface area contributed by atoms with E-state index in [0.717, 1.165) is 0 Å². The fourth-order valence-corrected chi connectivity index (χ4v) is 2.53. The highest BCUT2D eigenvalue weighted by Gasteiger charge is 2.38. The van der Waals surface area contributed by atoms with Crippen LogP contribution in [0.5, 0.6) is 0 Å². The van der Waals surface area contributed by atoms with Crippen LogP contribution in [0.3, 0.4) is 0 Å². The Morgan fingerprint density at radius 1 is 1.30 bits per heavy atom. The Morgan fingerprint density at radius 2 is 2.05 bits per heavy atom. The first-order chi connectivity index (χ1) is 9.54. The summed E-state index contributed by atoms with van der Waals surface area (Å²) in [7, 11) is 1.26. The van der Waals surface area contributed by atoms with E-state index in [2.05, 4.69) is 4.74 Å². The van der Waals surface area contributed by atoms with Crippen LogP contribution in [-0.4, -0.2) is 78.4 Å². The van der Waals surface area contributed by atoms with Crippen LogP contribution in [-0.2, 0) is 19.1 Å². The van der Waals surface area contributed by atoms with Gasteiger partial charge in [0.1, 0.15) is 6.04 Å². The number of aliphatic carboxylic acids is 1. The van der Waals surface area contributed by atoms with Crippen LogP contribution in [0.2, 0.25) is 0 Å². The van der Waals surface area contributed by atoms with Crippen molar-refractivity contribution in [3.8, 4) is 0 Å². The Balaban J connectivity index is 2.01. The molecule has 1 unspecified atom stereocenters. The van der Waals surface area contributed by atoms with Crippen LogP contribution in [0.25, 0.3) is 0 Å². The molecule has 2 rings (SSSR count). The molecule has 112 valence electrons. The van der Waals surface area contributed by atoms with Gasteiger partial charge in [-0.15, -0.1) is 0 Å². The van der Waals surface area contributed by atoms with Gasteiger partial charge in [0.05, 0.1) is 20.3 Å². The number of methoxy groups -OCH3 is 1. The van der Waals surface area contributed by atoms with E-state index < -0.39 is 24.1 Å². The Bertz CT molecular complexity index is 413. The van der Waals surface area contributed by atoms with Crippen molar-refractivity contribution in [3.05, 3.63) is 0 Å². The second-order valence-electron chi connectivity index (χ2n) is 4.80. The highest BCUT2D eigenvalue weighted by Crippen LogP contribution is 2.20. The molecule has 2 fully saturated rings. The van der Waals surface area contributed by atoms with Crippen molar-refractivity contribution in [2.75, 3.05) is 33.4 Å². The molecule has 0 aromatic heterocycles. The lowest BCUT2D eigenvalue weighted by atomic mass is 10.2. The third-order valence-corrected chi connectivity index (χ3v) is 3.58. The van der Waals surface area contributed by atoms with Crippen LogP contribution in [0.1, 0.15) is 12.8 Å². The Kier molecular flexibility index (Phi) is 4.43. The average Bonchev–Trinajstić information content (AvgIpc) is 2.95. The number of nitrogens with zero attached hydrogens (tertiary/aromatic N) is 2. The monoisotopic (exact) mass is 286 g/mol. The summed E-state index contributed by atoms with van der Waals surface area (Å²) in [6.45, 7) is 1.09. The molecule has 0 radical (unpaired) electrons. The molecule has 1 N–H and O–H groups in total. The van der Waals surface area contributed by atoms with Gasteiger partial charge in [-0.25, -0.2) is 14.4 Å². The highest BCUT2D eigenvalue weighted by molar-refractivity contribution is 5.84. The molecule has 2 atom stereocenters. The molecule has 0 aliphatic carbocycles. The summed E-state index contributed by atoms with van der Waals surface area (Å²) in [5.74, 6) is -1.52. The zero-order valence-corrected chi connectivity index (χ0v) is 11.3. The van der Waals surface area contributed by atoms with E-state index in [9.17, 15) is 14.4 Å². The summed E-state index contributed by atoms with van der Waals surface area (Å²) in [5, 5.41) is 9.10. The number of carbonyl (C=O) groups excluding carboxylic acids is 2. The standard InChI is InChI=1S/C12H18N2O6/c1-19-11(17)9-7-13(5-6-20-9)12(18)14-4-2-3-8(14)10(15)16/h8-9H,2-7H2,1H3,(H,15,16)/t8-,9?/m0/s1. The van der Waals surface area contributed by atoms with E-state index >= 15 is 0 Å². The maximum atomic E-state index is 12.4. The maximum Gasteiger partial charge on any atom is 0.336 e. The first-order valence-corrected chi connectivity index (χ1v) is 6.52. The van der Waals surface area contributed by atoms with Gasteiger partial charge in [-0.3, -0.25) is 0 Å². The number of urea groups is 1. The summed E-state index contributed by atoms with van der Waals surface area (Å²) in [6, 6.07) is -1.13. The third-order valence-electron chi connectivity index (χ3n) is 3.58. The van der Waals surface area contributed by atoms with Crippen LogP contribution >= 0.6 is 0 Å². The minimum absolute atomic E-state index is 0.0916. The fourth-order valence-electron chi connectivity index (χ4n) is 2.53. The van der Waals surface area contributed by atoms with Crippen LogP contribution in [0, 0.1) is 0 Å². The lowest BCUT2D eigenvalue weighted by Gasteiger charge is -2.35. The predicted molar refractivity (Wildman–Crippen MR) is 66.1 cm³/mol. The minimum Gasteiger partial charge on any atom is -0.480 e. The van der Waals surface area contributed by atoms with Crippen LogP contribution in [0.4, 0.5) is 4.79 Å². The molecule has 2 amide bonds. The molecule has 2 heterocycles. The van der Waals surface area contributed by atoms with Gasteiger partial charge in [-0.2, -0.15) is 0 Å². The molecule has 2 saturated heterocycles. The van der Waals surface area contributed by atoms with Crippen LogP contribution in [0.15, 0.2) is 0 Å². The predicted octanol–water partition coefficient (Wildman–Crippen LogP) is -0.471. The van der Waals surface area contributed by atoms with Crippen molar-refractivity contribution in [1.82, 2.24) is 9.80 Å². The van der Waals surface area contributed by atoms with E-state index in [1.165, 1.54) is 16.9 Å². The lowest BCUT2D eigenvalue weighted by molar-refractivity contribution is -0.158. The van der Waals surface area contributed by atoms with E-state index in [-0.39, 0.29) is 19.2 Å². The molecule has 8 nitrogen and oxygen atoms in total. The van der Waals surface area contributed by atoms with Crippen molar-refractivity contribution in [2.45, 2.75) is 25.0 Å². The van der Waals surface area contributed by atoms with Gasteiger partial charge in [0.2, 0.25) is 0 Å². The molecule has 0 aromatic carbocycles. The van der Waals surface area contributed by atoms with Crippen molar-refractivity contribution < 1.29 is 29.0 Å². The van der Waals surface area contributed by atoms with Gasteiger partial charge in [-0.1, -0.05) is 0 Å². The zero-order valence-electron chi connectivity index (χ0n) is 11.3. The highest BCUT2D eigenvalue weighted by atomic mass is 16.6. The second kappa shape index (κ2) is 6.08. The smallest absolute Gasteiger partial charge is 0.336 e. The molecular formula is C12H18N2O6. The molecule has 2 aliphatic heterocycles. The normalized spacial score (nSPS) is 26.4. The number of hydrogen-bond donors (Lipinski definition) is 1. The third kappa shape index (κ3) is 2.84. The first-order valence-electron chi connectivity index (χ1n) is 6.52. The molecule has 0 aromatic rings. The number of likely N-dealkylation sites (tertiary alicyclic amines) is 1. The van der Waals surface area contributed by atoms with E-state index in [4.69, 9.17) is 9.84 Å². The summed E-state index contributed by atoms with van der Waals surface area (Å²) in [5.41, 5.74) is 0. The number of carboxylic acids is 1. The quantitative estimate of drug-likeness (QED) is 0.689. The number of amides is 2. The van der Waals surface area contributed by atoms with E-state index in [1.54, 1.807) is 0 Å². The Hall–Kier alpha value is -1.83. The van der Waals surface area contributed by atoms with Crippen LogP contribution < -0.4 is 0 Å². The van der Waals surface area contributed by atoms with Crippen molar-refractivity contribution in [1.29, 1.82) is 0 Å². The fraction of sp³-hybridized carbons (Fsp3) is 0.750. The summed E-state index contributed by atoms with van der Waals surface area (Å²) in [4.78, 5) is 37.7. The number of esters is 1.